The summed E-state index contributed by atoms with van der Waals surface area (Å²) in [4.78, 5) is 11.6. The molecule has 0 radical (unpaired) electrons. The van der Waals surface area contributed by atoms with Crippen molar-refractivity contribution in [3.63, 3.8) is 0 Å². The van der Waals surface area contributed by atoms with E-state index in [9.17, 15) is 9.18 Å². The van der Waals surface area contributed by atoms with Crippen molar-refractivity contribution in [2.45, 2.75) is 6.42 Å². The van der Waals surface area contributed by atoms with Crippen molar-refractivity contribution in [2.75, 3.05) is 11.9 Å². The number of aromatic nitrogens is 2. The van der Waals surface area contributed by atoms with E-state index < -0.39 is 5.82 Å². The first-order valence-corrected chi connectivity index (χ1v) is 5.82. The summed E-state index contributed by atoms with van der Waals surface area (Å²) in [5.74, 6) is -0.0331. The summed E-state index contributed by atoms with van der Waals surface area (Å²) >= 11 is 0. The number of hydrogen-bond donors (Lipinski definition) is 1. The van der Waals surface area contributed by atoms with Crippen molar-refractivity contribution < 1.29 is 13.9 Å². The monoisotopic (exact) mass is 263 g/mol. The molecule has 1 aromatic heterocycles. The third-order valence-corrected chi connectivity index (χ3v) is 2.40. The number of nitrogens with zero attached hydrogens (tertiary/aromatic N) is 2. The van der Waals surface area contributed by atoms with Crippen LogP contribution in [0.15, 0.2) is 36.5 Å². The second-order valence-electron chi connectivity index (χ2n) is 3.95. The fourth-order valence-electron chi connectivity index (χ4n) is 1.50. The Balaban J connectivity index is 1.77. The summed E-state index contributed by atoms with van der Waals surface area (Å²) in [6, 6.07) is 7.77. The number of anilines is 1. The van der Waals surface area contributed by atoms with Crippen molar-refractivity contribution in [3.8, 4) is 5.75 Å². The molecule has 1 N–H and O–H groups in total. The standard InChI is InChI=1S/C13H14FN3O2/c1-17-8-6-12(16-17)15-13(18)7-9-19-11-5-3-2-4-10(11)14/h2-6,8H,7,9H2,1H3,(H,15,16,18). The molecular formula is C13H14FN3O2. The van der Waals surface area contributed by atoms with E-state index in [2.05, 4.69) is 10.4 Å². The topological polar surface area (TPSA) is 56.2 Å². The molecule has 0 saturated carbocycles. The maximum absolute atomic E-state index is 13.2. The van der Waals surface area contributed by atoms with Gasteiger partial charge in [0.25, 0.3) is 0 Å². The molecule has 0 aliphatic heterocycles. The molecule has 19 heavy (non-hydrogen) atoms. The van der Waals surface area contributed by atoms with Crippen LogP contribution in [0.2, 0.25) is 0 Å². The highest BCUT2D eigenvalue weighted by Crippen LogP contribution is 2.15. The van der Waals surface area contributed by atoms with Crippen LogP contribution >= 0.6 is 0 Å². The normalized spacial score (nSPS) is 10.2. The molecule has 1 aromatic carbocycles. The second kappa shape index (κ2) is 5.99. The van der Waals surface area contributed by atoms with E-state index in [0.29, 0.717) is 5.82 Å². The summed E-state index contributed by atoms with van der Waals surface area (Å²) in [5, 5.41) is 6.63. The number of halogens is 1. The Morgan fingerprint density at radius 3 is 2.89 bits per heavy atom. The van der Waals surface area contributed by atoms with E-state index in [-0.39, 0.29) is 24.7 Å². The third-order valence-electron chi connectivity index (χ3n) is 2.40. The van der Waals surface area contributed by atoms with Gasteiger partial charge in [0.05, 0.1) is 13.0 Å². The first-order chi connectivity index (χ1) is 9.15. The zero-order valence-corrected chi connectivity index (χ0v) is 10.5. The molecule has 0 atom stereocenters. The van der Waals surface area contributed by atoms with Crippen molar-refractivity contribution in [2.24, 2.45) is 7.05 Å². The predicted octanol–water partition coefficient (Wildman–Crippen LogP) is 1.97. The Kier molecular flexibility index (Phi) is 4.12. The molecule has 0 aliphatic rings. The molecule has 0 bridgehead atoms. The summed E-state index contributed by atoms with van der Waals surface area (Å²) in [6.07, 6.45) is 1.86. The molecule has 2 aromatic rings. The lowest BCUT2D eigenvalue weighted by Gasteiger charge is -2.06. The SMILES string of the molecule is Cn1ccc(NC(=O)CCOc2ccccc2F)n1. The number of carbonyl (C=O) groups excluding carboxylic acids is 1. The van der Waals surface area contributed by atoms with Crippen LogP contribution < -0.4 is 10.1 Å². The number of carbonyl (C=O) groups is 1. The molecule has 1 amide bonds. The lowest BCUT2D eigenvalue weighted by Crippen LogP contribution is -2.15. The Hall–Kier alpha value is -2.37. The summed E-state index contributed by atoms with van der Waals surface area (Å²) in [5.41, 5.74) is 0. The Morgan fingerprint density at radius 2 is 2.21 bits per heavy atom. The molecule has 1 heterocycles. The molecule has 100 valence electrons. The van der Waals surface area contributed by atoms with Crippen molar-refractivity contribution in [1.82, 2.24) is 9.78 Å². The van der Waals surface area contributed by atoms with Gasteiger partial charge in [-0.25, -0.2) is 4.39 Å². The number of nitrogens with one attached hydrogen (secondary N) is 1. The minimum atomic E-state index is -0.437. The number of para-hydroxylation sites is 1. The third kappa shape index (κ3) is 3.80. The van der Waals surface area contributed by atoms with E-state index in [1.807, 2.05) is 0 Å². The van der Waals surface area contributed by atoms with E-state index in [1.165, 1.54) is 12.1 Å². The van der Waals surface area contributed by atoms with Gasteiger partial charge >= 0.3 is 0 Å². The van der Waals surface area contributed by atoms with E-state index in [1.54, 1.807) is 36.1 Å². The summed E-state index contributed by atoms with van der Waals surface area (Å²) < 4.78 is 20.0. The zero-order chi connectivity index (χ0) is 13.7. The van der Waals surface area contributed by atoms with E-state index in [4.69, 9.17) is 4.74 Å². The molecular weight excluding hydrogens is 249 g/mol. The average molecular weight is 263 g/mol. The number of benzene rings is 1. The van der Waals surface area contributed by atoms with Gasteiger partial charge in [-0.1, -0.05) is 12.1 Å². The van der Waals surface area contributed by atoms with E-state index in [0.717, 1.165) is 0 Å². The van der Waals surface area contributed by atoms with Crippen LogP contribution in [-0.4, -0.2) is 22.3 Å². The smallest absolute Gasteiger partial charge is 0.229 e. The highest BCUT2D eigenvalue weighted by atomic mass is 19.1. The van der Waals surface area contributed by atoms with Crippen molar-refractivity contribution in [1.29, 1.82) is 0 Å². The van der Waals surface area contributed by atoms with Crippen LogP contribution in [0.4, 0.5) is 10.2 Å². The molecule has 0 spiro atoms. The van der Waals surface area contributed by atoms with Crippen LogP contribution in [-0.2, 0) is 11.8 Å². The summed E-state index contributed by atoms with van der Waals surface area (Å²) in [7, 11) is 1.76. The number of amides is 1. The highest BCUT2D eigenvalue weighted by Gasteiger charge is 2.06. The molecule has 2 rings (SSSR count). The number of ether oxygens (including phenoxy) is 1. The number of aryl methyl sites for hydroxylation is 1. The first kappa shape index (κ1) is 13.1. The van der Waals surface area contributed by atoms with Crippen LogP contribution in [0.25, 0.3) is 0 Å². The quantitative estimate of drug-likeness (QED) is 0.897. The largest absolute Gasteiger partial charge is 0.490 e. The van der Waals surface area contributed by atoms with Gasteiger partial charge in [-0.2, -0.15) is 5.10 Å². The van der Waals surface area contributed by atoms with Gasteiger partial charge in [-0.15, -0.1) is 0 Å². The Labute approximate surface area is 110 Å². The fourth-order valence-corrected chi connectivity index (χ4v) is 1.50. The lowest BCUT2D eigenvalue weighted by atomic mass is 10.3. The summed E-state index contributed by atoms with van der Waals surface area (Å²) in [6.45, 7) is 0.111. The number of rotatable bonds is 5. The number of hydrogen-bond acceptors (Lipinski definition) is 3. The van der Waals surface area contributed by atoms with Gasteiger partial charge in [0.15, 0.2) is 17.4 Å². The van der Waals surface area contributed by atoms with Gasteiger partial charge in [-0.3, -0.25) is 9.48 Å². The first-order valence-electron chi connectivity index (χ1n) is 5.82. The van der Waals surface area contributed by atoms with Crippen molar-refractivity contribution >= 4 is 11.7 Å². The molecule has 5 nitrogen and oxygen atoms in total. The minimum absolute atomic E-state index is 0.111. The van der Waals surface area contributed by atoms with Crippen LogP contribution in [0.5, 0.6) is 5.75 Å². The van der Waals surface area contributed by atoms with Crippen LogP contribution in [0.1, 0.15) is 6.42 Å². The van der Waals surface area contributed by atoms with Gasteiger partial charge in [0.2, 0.25) is 5.91 Å². The average Bonchev–Trinajstić information content (AvgIpc) is 2.77. The molecule has 6 heteroatoms. The predicted molar refractivity (Wildman–Crippen MR) is 68.3 cm³/mol. The Bertz CT molecular complexity index is 569. The minimum Gasteiger partial charge on any atom is -0.490 e. The van der Waals surface area contributed by atoms with Gasteiger partial charge in [-0.05, 0) is 12.1 Å². The molecule has 0 unspecified atom stereocenters. The molecule has 0 aliphatic carbocycles. The maximum atomic E-state index is 13.2. The van der Waals surface area contributed by atoms with Crippen molar-refractivity contribution in [3.05, 3.63) is 42.3 Å². The molecule has 0 fully saturated rings. The Morgan fingerprint density at radius 1 is 1.42 bits per heavy atom. The fraction of sp³-hybridized carbons (Fsp3) is 0.231. The van der Waals surface area contributed by atoms with Crippen LogP contribution in [0.3, 0.4) is 0 Å². The van der Waals surface area contributed by atoms with Gasteiger partial charge < -0.3 is 10.1 Å². The van der Waals surface area contributed by atoms with Gasteiger partial charge in [0.1, 0.15) is 0 Å². The van der Waals surface area contributed by atoms with Gasteiger partial charge in [0, 0.05) is 19.3 Å². The van der Waals surface area contributed by atoms with Crippen LogP contribution in [0, 0.1) is 5.82 Å². The molecule has 0 saturated heterocycles. The zero-order valence-electron chi connectivity index (χ0n) is 10.5. The van der Waals surface area contributed by atoms with E-state index >= 15 is 0 Å². The second-order valence-corrected chi connectivity index (χ2v) is 3.95. The highest BCUT2D eigenvalue weighted by molar-refractivity contribution is 5.89. The lowest BCUT2D eigenvalue weighted by molar-refractivity contribution is -0.116. The maximum Gasteiger partial charge on any atom is 0.229 e.